The molecule has 5 heteroatoms. The van der Waals surface area contributed by atoms with Crippen LogP contribution in [0.25, 0.3) is 0 Å². The quantitative estimate of drug-likeness (QED) is 0.836. The third-order valence-electron chi connectivity index (χ3n) is 2.53. The fraction of sp³-hybridized carbons (Fsp3) is 0.0714. The first-order valence-corrected chi connectivity index (χ1v) is 6.35. The molecule has 0 heterocycles. The zero-order chi connectivity index (χ0) is 13.8. The molecule has 0 spiro atoms. The molecule has 1 atom stereocenters. The van der Waals surface area contributed by atoms with Gasteiger partial charge in [0, 0.05) is 0 Å². The summed E-state index contributed by atoms with van der Waals surface area (Å²) in [4.78, 5) is 11.9. The molecule has 0 aliphatic rings. The van der Waals surface area contributed by atoms with Gasteiger partial charge in [0.2, 0.25) is 5.91 Å². The number of benzene rings is 2. The van der Waals surface area contributed by atoms with E-state index in [1.165, 1.54) is 18.2 Å². The van der Waals surface area contributed by atoms with Crippen LogP contribution in [0.4, 0.5) is 10.1 Å². The molecule has 0 saturated carbocycles. The molecule has 0 radical (unpaired) electrons. The molecule has 2 aromatic rings. The van der Waals surface area contributed by atoms with Gasteiger partial charge in [-0.3, -0.25) is 4.79 Å². The molecule has 2 rings (SSSR count). The summed E-state index contributed by atoms with van der Waals surface area (Å²) in [7, 11) is 0. The summed E-state index contributed by atoms with van der Waals surface area (Å²) in [5.74, 6) is -1.13. The van der Waals surface area contributed by atoms with Gasteiger partial charge in [-0.05, 0) is 17.7 Å². The van der Waals surface area contributed by atoms with Crippen LogP contribution in [0.5, 0.6) is 0 Å². The zero-order valence-electron chi connectivity index (χ0n) is 9.74. The average Bonchev–Trinajstić information content (AvgIpc) is 2.43. The van der Waals surface area contributed by atoms with Crippen LogP contribution in [0, 0.1) is 5.82 Å². The molecule has 0 aromatic heterocycles. The molecule has 2 aromatic carbocycles. The van der Waals surface area contributed by atoms with Gasteiger partial charge in [0.15, 0.2) is 0 Å². The number of halogens is 3. The van der Waals surface area contributed by atoms with Crippen LogP contribution in [0.2, 0.25) is 5.02 Å². The molecule has 1 N–H and O–H groups in total. The van der Waals surface area contributed by atoms with Crippen molar-refractivity contribution in [1.29, 1.82) is 0 Å². The van der Waals surface area contributed by atoms with Crippen LogP contribution in [-0.4, -0.2) is 5.91 Å². The fourth-order valence-electron chi connectivity index (χ4n) is 1.58. The number of carbonyl (C=O) groups excluding carboxylic acids is 1. The van der Waals surface area contributed by atoms with Crippen molar-refractivity contribution in [1.82, 2.24) is 0 Å². The predicted molar refractivity (Wildman–Crippen MR) is 75.1 cm³/mol. The van der Waals surface area contributed by atoms with Gasteiger partial charge in [-0.25, -0.2) is 4.39 Å². The summed E-state index contributed by atoms with van der Waals surface area (Å²) < 4.78 is 13.5. The molecular weight excluding hydrogens is 288 g/mol. The number of para-hydroxylation sites is 1. The molecule has 1 unspecified atom stereocenters. The van der Waals surface area contributed by atoms with Gasteiger partial charge >= 0.3 is 0 Å². The van der Waals surface area contributed by atoms with Crippen LogP contribution in [0.1, 0.15) is 10.9 Å². The molecular formula is C14H10Cl2FNO. The van der Waals surface area contributed by atoms with Crippen molar-refractivity contribution in [3.63, 3.8) is 0 Å². The number of alkyl halides is 1. The lowest BCUT2D eigenvalue weighted by Gasteiger charge is -2.12. The van der Waals surface area contributed by atoms with E-state index in [-0.39, 0.29) is 10.7 Å². The van der Waals surface area contributed by atoms with Crippen LogP contribution >= 0.6 is 23.2 Å². The summed E-state index contributed by atoms with van der Waals surface area (Å²) in [6.07, 6.45) is 0. The van der Waals surface area contributed by atoms with E-state index in [1.807, 2.05) is 6.07 Å². The molecule has 0 saturated heterocycles. The Kier molecular flexibility index (Phi) is 4.40. The van der Waals surface area contributed by atoms with E-state index in [4.69, 9.17) is 23.2 Å². The maximum absolute atomic E-state index is 13.5. The van der Waals surface area contributed by atoms with Crippen molar-refractivity contribution in [3.8, 4) is 0 Å². The lowest BCUT2D eigenvalue weighted by Crippen LogP contribution is -2.18. The summed E-state index contributed by atoms with van der Waals surface area (Å²) >= 11 is 11.9. The lowest BCUT2D eigenvalue weighted by atomic mass is 10.1. The monoisotopic (exact) mass is 297 g/mol. The first-order chi connectivity index (χ1) is 9.09. The second kappa shape index (κ2) is 6.04. The van der Waals surface area contributed by atoms with E-state index in [9.17, 15) is 9.18 Å². The maximum atomic E-state index is 13.5. The van der Waals surface area contributed by atoms with Gasteiger partial charge in [-0.1, -0.05) is 48.0 Å². The smallest absolute Gasteiger partial charge is 0.247 e. The molecule has 0 fully saturated rings. The number of anilines is 1. The van der Waals surface area contributed by atoms with Gasteiger partial charge in [0.05, 0.1) is 10.7 Å². The largest absolute Gasteiger partial charge is 0.321 e. The molecule has 0 aliphatic heterocycles. The highest BCUT2D eigenvalue weighted by Gasteiger charge is 2.19. The van der Waals surface area contributed by atoms with Gasteiger partial charge in [0.1, 0.15) is 11.2 Å². The summed E-state index contributed by atoms with van der Waals surface area (Å²) in [6, 6.07) is 13.0. The molecule has 2 nitrogen and oxygen atoms in total. The third kappa shape index (κ3) is 3.25. The van der Waals surface area contributed by atoms with E-state index in [0.29, 0.717) is 5.56 Å². The molecule has 0 bridgehead atoms. The Morgan fingerprint density at radius 3 is 2.42 bits per heavy atom. The van der Waals surface area contributed by atoms with Gasteiger partial charge in [-0.15, -0.1) is 11.6 Å². The van der Waals surface area contributed by atoms with E-state index in [2.05, 4.69) is 5.32 Å². The van der Waals surface area contributed by atoms with Crippen molar-refractivity contribution in [2.24, 2.45) is 0 Å². The van der Waals surface area contributed by atoms with E-state index >= 15 is 0 Å². The van der Waals surface area contributed by atoms with Crippen LogP contribution < -0.4 is 5.32 Å². The van der Waals surface area contributed by atoms with E-state index < -0.39 is 17.1 Å². The first-order valence-electron chi connectivity index (χ1n) is 5.53. The molecule has 0 aliphatic carbocycles. The predicted octanol–water partition coefficient (Wildman–Crippen LogP) is 4.40. The Morgan fingerprint density at radius 1 is 1.11 bits per heavy atom. The first kappa shape index (κ1) is 13.8. The number of amides is 1. The molecule has 19 heavy (non-hydrogen) atoms. The minimum Gasteiger partial charge on any atom is -0.321 e. The Hall–Kier alpha value is -1.58. The SMILES string of the molecule is O=C(Nc1c(F)cccc1Cl)C(Cl)c1ccccc1. The molecule has 1 amide bonds. The number of hydrogen-bond donors (Lipinski definition) is 1. The van der Waals surface area contributed by atoms with Crippen molar-refractivity contribution in [3.05, 3.63) is 64.9 Å². The van der Waals surface area contributed by atoms with Gasteiger partial charge in [0.25, 0.3) is 0 Å². The Morgan fingerprint density at radius 2 is 1.79 bits per heavy atom. The van der Waals surface area contributed by atoms with E-state index in [0.717, 1.165) is 0 Å². The van der Waals surface area contributed by atoms with Crippen molar-refractivity contribution in [2.45, 2.75) is 5.38 Å². The highest BCUT2D eigenvalue weighted by atomic mass is 35.5. The Bertz CT molecular complexity index is 569. The Balaban J connectivity index is 2.18. The summed E-state index contributed by atoms with van der Waals surface area (Å²) in [5, 5.41) is 1.62. The summed E-state index contributed by atoms with van der Waals surface area (Å²) in [6.45, 7) is 0. The van der Waals surface area contributed by atoms with Crippen LogP contribution in [0.15, 0.2) is 48.5 Å². The number of rotatable bonds is 3. The summed E-state index contributed by atoms with van der Waals surface area (Å²) in [5.41, 5.74) is 0.574. The zero-order valence-corrected chi connectivity index (χ0v) is 11.3. The number of carbonyl (C=O) groups is 1. The minimum absolute atomic E-state index is 0.0595. The number of nitrogens with one attached hydrogen (secondary N) is 1. The third-order valence-corrected chi connectivity index (χ3v) is 3.30. The highest BCUT2D eigenvalue weighted by Crippen LogP contribution is 2.27. The average molecular weight is 298 g/mol. The highest BCUT2D eigenvalue weighted by molar-refractivity contribution is 6.35. The van der Waals surface area contributed by atoms with Crippen molar-refractivity contribution < 1.29 is 9.18 Å². The van der Waals surface area contributed by atoms with Crippen LogP contribution in [-0.2, 0) is 4.79 Å². The standard InChI is InChI=1S/C14H10Cl2FNO/c15-10-7-4-8-11(17)13(10)18-14(19)12(16)9-5-2-1-3-6-9/h1-8,12H,(H,18,19). The molecule has 98 valence electrons. The Labute approximate surface area is 120 Å². The number of hydrogen-bond acceptors (Lipinski definition) is 1. The maximum Gasteiger partial charge on any atom is 0.247 e. The van der Waals surface area contributed by atoms with Gasteiger partial charge < -0.3 is 5.32 Å². The van der Waals surface area contributed by atoms with Crippen molar-refractivity contribution in [2.75, 3.05) is 5.32 Å². The van der Waals surface area contributed by atoms with Gasteiger partial charge in [-0.2, -0.15) is 0 Å². The van der Waals surface area contributed by atoms with Crippen LogP contribution in [0.3, 0.4) is 0 Å². The minimum atomic E-state index is -0.906. The van der Waals surface area contributed by atoms with E-state index in [1.54, 1.807) is 24.3 Å². The normalized spacial score (nSPS) is 11.9. The van der Waals surface area contributed by atoms with Crippen molar-refractivity contribution >= 4 is 34.8 Å². The topological polar surface area (TPSA) is 29.1 Å². The second-order valence-electron chi connectivity index (χ2n) is 3.86. The fourth-order valence-corrected chi connectivity index (χ4v) is 1.99. The lowest BCUT2D eigenvalue weighted by molar-refractivity contribution is -0.116. The second-order valence-corrected chi connectivity index (χ2v) is 4.70.